The highest BCUT2D eigenvalue weighted by Crippen LogP contribution is 2.61. The van der Waals surface area contributed by atoms with Crippen LogP contribution >= 0.6 is 0 Å². The number of alkyl halides is 6. The van der Waals surface area contributed by atoms with Gasteiger partial charge in [0.05, 0.1) is 0 Å². The summed E-state index contributed by atoms with van der Waals surface area (Å²) >= 11 is 0. The van der Waals surface area contributed by atoms with Crippen LogP contribution in [0, 0.1) is 18.2 Å². The van der Waals surface area contributed by atoms with Gasteiger partial charge in [0.15, 0.2) is 0 Å². The van der Waals surface area contributed by atoms with E-state index in [-0.39, 0.29) is 19.4 Å². The first-order valence-electron chi connectivity index (χ1n) is 11.8. The van der Waals surface area contributed by atoms with Crippen LogP contribution < -0.4 is 0 Å². The summed E-state index contributed by atoms with van der Waals surface area (Å²) in [5, 5.41) is 0. The smallest absolute Gasteiger partial charge is 0.358 e. The Morgan fingerprint density at radius 3 is 2.08 bits per heavy atom. The summed E-state index contributed by atoms with van der Waals surface area (Å²) < 4.78 is 106. The lowest BCUT2D eigenvalue weighted by Crippen LogP contribution is -2.69. The van der Waals surface area contributed by atoms with Crippen LogP contribution in [0.25, 0.3) is 0 Å². The molecule has 1 atom stereocenters. The van der Waals surface area contributed by atoms with Gasteiger partial charge < -0.3 is 4.74 Å². The van der Waals surface area contributed by atoms with Crippen molar-refractivity contribution < 1.29 is 35.5 Å². The van der Waals surface area contributed by atoms with Gasteiger partial charge in [0.1, 0.15) is 5.82 Å². The van der Waals surface area contributed by atoms with E-state index in [0.29, 0.717) is 11.1 Å². The second kappa shape index (κ2) is 9.93. The van der Waals surface area contributed by atoms with Crippen LogP contribution in [0.2, 0.25) is 0 Å². The quantitative estimate of drug-likeness (QED) is 0.351. The summed E-state index contributed by atoms with van der Waals surface area (Å²) in [4.78, 5) is 5.90. The summed E-state index contributed by atoms with van der Waals surface area (Å²) in [6.07, 6.45) is -10.8. The Morgan fingerprint density at radius 2 is 1.58 bits per heavy atom. The maximum Gasteiger partial charge on any atom is 0.427 e. The number of benzene rings is 1. The zero-order chi connectivity index (χ0) is 27.0. The van der Waals surface area contributed by atoms with E-state index in [9.17, 15) is 30.7 Å². The minimum atomic E-state index is -5.71. The van der Waals surface area contributed by atoms with Crippen LogP contribution in [0.3, 0.4) is 0 Å². The minimum absolute atomic E-state index is 0.00524. The third kappa shape index (κ3) is 4.98. The van der Waals surface area contributed by atoms with Gasteiger partial charge in [0.2, 0.25) is 0 Å². The second-order valence-corrected chi connectivity index (χ2v) is 9.94. The molecule has 1 aliphatic heterocycles. The van der Waals surface area contributed by atoms with Gasteiger partial charge in [0.25, 0.3) is 5.60 Å². The van der Waals surface area contributed by atoms with Gasteiger partial charge in [-0.1, -0.05) is 18.2 Å². The molecule has 36 heavy (non-hydrogen) atoms. The molecule has 200 valence electrons. The van der Waals surface area contributed by atoms with Crippen LogP contribution in [0.4, 0.5) is 30.7 Å². The van der Waals surface area contributed by atoms with E-state index in [0.717, 1.165) is 24.8 Å². The van der Waals surface area contributed by atoms with E-state index < -0.39 is 54.3 Å². The molecule has 0 spiro atoms. The number of pyridine rings is 1. The molecule has 0 saturated carbocycles. The lowest BCUT2D eigenvalue weighted by molar-refractivity contribution is -0.415. The Morgan fingerprint density at radius 1 is 0.972 bits per heavy atom. The number of hydrogen-bond acceptors (Lipinski definition) is 3. The first kappa shape index (κ1) is 28.4. The molecule has 1 saturated heterocycles. The molecule has 1 aromatic carbocycles. The highest BCUT2D eigenvalue weighted by molar-refractivity contribution is 5.24. The molecule has 2 heterocycles. The average molecular weight is 521 g/mol. The average Bonchev–Trinajstić information content (AvgIpc) is 3.22. The van der Waals surface area contributed by atoms with E-state index in [1.54, 1.807) is 44.0 Å². The molecule has 0 bridgehead atoms. The van der Waals surface area contributed by atoms with Gasteiger partial charge in [-0.25, -0.2) is 4.39 Å². The summed E-state index contributed by atoms with van der Waals surface area (Å²) in [6.45, 7) is 5.20. The number of rotatable bonds is 8. The van der Waals surface area contributed by atoms with E-state index in [2.05, 4.69) is 4.98 Å². The number of hydrogen-bond donors (Lipinski definition) is 0. The van der Waals surface area contributed by atoms with Gasteiger partial charge in [0, 0.05) is 36.0 Å². The van der Waals surface area contributed by atoms with Gasteiger partial charge >= 0.3 is 12.4 Å². The second-order valence-electron chi connectivity index (χ2n) is 9.94. The highest BCUT2D eigenvalue weighted by Gasteiger charge is 2.81. The van der Waals surface area contributed by atoms with E-state index in [1.807, 2.05) is 0 Å². The Bertz CT molecular complexity index is 1000. The third-order valence-electron chi connectivity index (χ3n) is 7.47. The van der Waals surface area contributed by atoms with Crippen molar-refractivity contribution in [3.63, 3.8) is 0 Å². The van der Waals surface area contributed by atoms with Crippen LogP contribution in [-0.4, -0.2) is 47.5 Å². The molecule has 3 nitrogen and oxygen atoms in total. The van der Waals surface area contributed by atoms with Crippen LogP contribution in [0.5, 0.6) is 0 Å². The number of nitrogens with zero attached hydrogens (tertiary/aromatic N) is 2. The van der Waals surface area contributed by atoms with Gasteiger partial charge in [-0.15, -0.1) is 0 Å². The molecular formula is C26H31F7N2O. The molecule has 1 aromatic heterocycles. The zero-order valence-corrected chi connectivity index (χ0v) is 20.7. The molecular weight excluding hydrogens is 489 g/mol. The Balaban J connectivity index is 2.10. The summed E-state index contributed by atoms with van der Waals surface area (Å²) in [5.74, 6) is -0.539. The topological polar surface area (TPSA) is 25.4 Å². The van der Waals surface area contributed by atoms with Crippen molar-refractivity contribution in [2.75, 3.05) is 19.7 Å². The van der Waals surface area contributed by atoms with Crippen molar-refractivity contribution >= 4 is 0 Å². The van der Waals surface area contributed by atoms with Crippen LogP contribution in [0.1, 0.15) is 50.4 Å². The normalized spacial score (nSPS) is 20.2. The van der Waals surface area contributed by atoms with Crippen molar-refractivity contribution in [1.29, 1.82) is 0 Å². The fraction of sp³-hybridized carbons (Fsp3) is 0.577. The predicted octanol–water partition coefficient (Wildman–Crippen LogP) is 6.99. The summed E-state index contributed by atoms with van der Waals surface area (Å²) in [7, 11) is 0. The van der Waals surface area contributed by atoms with Crippen molar-refractivity contribution in [1.82, 2.24) is 9.88 Å². The SMILES string of the molecule is CCOC(C(F)(F)F)(C(F)(F)F)C1(CCc2ccc(F)cc2)CCN(C(C)(C)c2ccc(C)nc2)C1. The number of likely N-dealkylation sites (tertiary alicyclic amines) is 1. The third-order valence-corrected chi connectivity index (χ3v) is 7.47. The maximum atomic E-state index is 14.6. The van der Waals surface area contributed by atoms with Crippen LogP contribution in [0.15, 0.2) is 42.6 Å². The van der Waals surface area contributed by atoms with Crippen molar-refractivity contribution in [2.24, 2.45) is 5.41 Å². The molecule has 0 radical (unpaired) electrons. The predicted molar refractivity (Wildman–Crippen MR) is 122 cm³/mol. The Labute approximate surface area is 206 Å². The molecule has 1 aliphatic rings. The number of aromatic nitrogens is 1. The van der Waals surface area contributed by atoms with Gasteiger partial charge in [-0.2, -0.15) is 26.3 Å². The molecule has 1 unspecified atom stereocenters. The molecule has 0 N–H and O–H groups in total. The summed E-state index contributed by atoms with van der Waals surface area (Å²) in [5.41, 5.74) is -5.70. The minimum Gasteiger partial charge on any atom is -0.358 e. The molecule has 3 rings (SSSR count). The van der Waals surface area contributed by atoms with Gasteiger partial charge in [-0.3, -0.25) is 9.88 Å². The lowest BCUT2D eigenvalue weighted by atomic mass is 9.66. The molecule has 0 aliphatic carbocycles. The van der Waals surface area contributed by atoms with E-state index in [4.69, 9.17) is 4.74 Å². The first-order chi connectivity index (χ1) is 16.6. The van der Waals surface area contributed by atoms with Crippen molar-refractivity contribution in [3.05, 3.63) is 65.2 Å². The molecule has 1 fully saturated rings. The van der Waals surface area contributed by atoms with Gasteiger partial charge in [-0.05, 0) is 82.8 Å². The highest BCUT2D eigenvalue weighted by atomic mass is 19.4. The summed E-state index contributed by atoms with van der Waals surface area (Å²) in [6, 6.07) is 8.57. The fourth-order valence-corrected chi connectivity index (χ4v) is 5.36. The first-order valence-corrected chi connectivity index (χ1v) is 11.8. The number of halogens is 7. The van der Waals surface area contributed by atoms with E-state index in [1.165, 1.54) is 12.1 Å². The monoisotopic (exact) mass is 520 g/mol. The molecule has 0 amide bonds. The lowest BCUT2D eigenvalue weighted by Gasteiger charge is -2.50. The van der Waals surface area contributed by atoms with Crippen molar-refractivity contribution in [3.8, 4) is 0 Å². The Kier molecular flexibility index (Phi) is 7.82. The standard InChI is InChI=1S/C26H31F7N2O/c1-5-36-24(25(28,29)30,26(31,32)33)23(13-12-19-7-10-21(27)11-8-19)14-15-35(17-23)22(3,4)20-9-6-18(2)34-16-20/h6-11,16H,5,12-15,17H2,1-4H3. The maximum absolute atomic E-state index is 14.6. The van der Waals surface area contributed by atoms with E-state index >= 15 is 0 Å². The number of aryl methyl sites for hydroxylation is 2. The largest absolute Gasteiger partial charge is 0.427 e. The Hall–Kier alpha value is -2.20. The zero-order valence-electron chi connectivity index (χ0n) is 20.7. The molecule has 2 aromatic rings. The van der Waals surface area contributed by atoms with Crippen LogP contribution in [-0.2, 0) is 16.7 Å². The van der Waals surface area contributed by atoms with Crippen molar-refractivity contribution in [2.45, 2.75) is 70.4 Å². The fourth-order valence-electron chi connectivity index (χ4n) is 5.36. The number of ether oxygens (including phenoxy) is 1. The molecule has 10 heteroatoms.